The Hall–Kier alpha value is -1.57. The summed E-state index contributed by atoms with van der Waals surface area (Å²) in [5.41, 5.74) is 0.435. The van der Waals surface area contributed by atoms with Crippen LogP contribution in [0, 0.1) is 0 Å². The van der Waals surface area contributed by atoms with Crippen LogP contribution in [0.4, 0.5) is 5.69 Å². The maximum absolute atomic E-state index is 12.4. The molecule has 0 spiro atoms. The molecule has 0 aliphatic carbocycles. The van der Waals surface area contributed by atoms with E-state index in [1.54, 1.807) is 30.3 Å². The molecule has 21 heavy (non-hydrogen) atoms. The van der Waals surface area contributed by atoms with Gasteiger partial charge in [0.05, 0.1) is 12.8 Å². The number of hydrogen-bond acceptors (Lipinski definition) is 5. The van der Waals surface area contributed by atoms with Gasteiger partial charge in [-0.25, -0.2) is 8.42 Å². The Kier molecular flexibility index (Phi) is 5.22. The van der Waals surface area contributed by atoms with E-state index in [0.29, 0.717) is 15.6 Å². The highest BCUT2D eigenvalue weighted by atomic mass is 32.2. The number of para-hydroxylation sites is 2. The van der Waals surface area contributed by atoms with E-state index in [0.717, 1.165) is 17.8 Å². The highest BCUT2D eigenvalue weighted by molar-refractivity contribution is 7.94. The van der Waals surface area contributed by atoms with E-state index in [4.69, 9.17) is 4.74 Å². The number of sulfonamides is 1. The van der Waals surface area contributed by atoms with Crippen LogP contribution in [-0.4, -0.2) is 29.1 Å². The smallest absolute Gasteiger partial charge is 0.271 e. The summed E-state index contributed by atoms with van der Waals surface area (Å²) in [5.74, 6) is 0.494. The van der Waals surface area contributed by atoms with Gasteiger partial charge in [-0.3, -0.25) is 4.72 Å². The first kappa shape index (κ1) is 15.8. The minimum Gasteiger partial charge on any atom is -0.495 e. The number of anilines is 1. The van der Waals surface area contributed by atoms with Crippen molar-refractivity contribution < 1.29 is 13.2 Å². The molecule has 0 radical (unpaired) electrons. The summed E-state index contributed by atoms with van der Waals surface area (Å²) in [6.45, 7) is 0.819. The second kappa shape index (κ2) is 6.93. The summed E-state index contributed by atoms with van der Waals surface area (Å²) in [5, 5.41) is 3.04. The summed E-state index contributed by atoms with van der Waals surface area (Å²) < 4.78 is 32.8. The first-order chi connectivity index (χ1) is 10.1. The fourth-order valence-electron chi connectivity index (χ4n) is 1.81. The van der Waals surface area contributed by atoms with Crippen LogP contribution >= 0.6 is 11.3 Å². The van der Waals surface area contributed by atoms with Gasteiger partial charge in [-0.15, -0.1) is 11.3 Å². The molecule has 0 amide bonds. The van der Waals surface area contributed by atoms with Crippen molar-refractivity contribution in [1.29, 1.82) is 0 Å². The zero-order valence-electron chi connectivity index (χ0n) is 11.9. The summed E-state index contributed by atoms with van der Waals surface area (Å²) in [4.78, 5) is 1.03. The molecule has 0 atom stereocenters. The van der Waals surface area contributed by atoms with Gasteiger partial charge in [-0.1, -0.05) is 12.1 Å². The molecule has 0 fully saturated rings. The topological polar surface area (TPSA) is 67.4 Å². The molecule has 0 unspecified atom stereocenters. The van der Waals surface area contributed by atoms with E-state index in [2.05, 4.69) is 10.0 Å². The van der Waals surface area contributed by atoms with Crippen LogP contribution in [0.3, 0.4) is 0 Å². The molecule has 114 valence electrons. The van der Waals surface area contributed by atoms with E-state index in [-0.39, 0.29) is 0 Å². The molecule has 2 aromatic rings. The lowest BCUT2D eigenvalue weighted by Crippen LogP contribution is -2.12. The van der Waals surface area contributed by atoms with Crippen molar-refractivity contribution in [3.8, 4) is 5.75 Å². The quantitative estimate of drug-likeness (QED) is 0.819. The SMILES string of the molecule is CNCCc1ccc(S(=O)(=O)Nc2ccccc2OC)s1. The van der Waals surface area contributed by atoms with Crippen LogP contribution in [0.5, 0.6) is 5.75 Å². The molecule has 0 bridgehead atoms. The highest BCUT2D eigenvalue weighted by Crippen LogP contribution is 2.28. The van der Waals surface area contributed by atoms with Crippen molar-refractivity contribution in [3.05, 3.63) is 41.3 Å². The third-order valence-corrected chi connectivity index (χ3v) is 5.88. The lowest BCUT2D eigenvalue weighted by molar-refractivity contribution is 0.417. The van der Waals surface area contributed by atoms with Crippen molar-refractivity contribution in [1.82, 2.24) is 5.32 Å². The molecule has 2 N–H and O–H groups in total. The van der Waals surface area contributed by atoms with Crippen molar-refractivity contribution in [2.24, 2.45) is 0 Å². The first-order valence-corrected chi connectivity index (χ1v) is 8.76. The average molecular weight is 326 g/mol. The minimum atomic E-state index is -3.58. The summed E-state index contributed by atoms with van der Waals surface area (Å²) in [7, 11) is -0.204. The molecule has 0 saturated carbocycles. The number of thiophene rings is 1. The molecular weight excluding hydrogens is 308 g/mol. The minimum absolute atomic E-state index is 0.305. The Bertz CT molecular complexity index is 696. The summed E-state index contributed by atoms with van der Waals surface area (Å²) in [6.07, 6.45) is 0.811. The van der Waals surface area contributed by atoms with Gasteiger partial charge in [-0.2, -0.15) is 0 Å². The fourth-order valence-corrected chi connectivity index (χ4v) is 4.23. The average Bonchev–Trinajstić information content (AvgIpc) is 2.95. The van der Waals surface area contributed by atoms with Crippen LogP contribution < -0.4 is 14.8 Å². The van der Waals surface area contributed by atoms with Crippen LogP contribution in [0.15, 0.2) is 40.6 Å². The Morgan fingerprint density at radius 3 is 2.67 bits per heavy atom. The number of hydrogen-bond donors (Lipinski definition) is 2. The van der Waals surface area contributed by atoms with E-state index < -0.39 is 10.0 Å². The van der Waals surface area contributed by atoms with E-state index >= 15 is 0 Å². The van der Waals surface area contributed by atoms with Gasteiger partial charge in [-0.05, 0) is 44.3 Å². The molecule has 5 nitrogen and oxygen atoms in total. The summed E-state index contributed by atoms with van der Waals surface area (Å²) in [6, 6.07) is 10.4. The van der Waals surface area contributed by atoms with Gasteiger partial charge in [0.2, 0.25) is 0 Å². The zero-order valence-corrected chi connectivity index (χ0v) is 13.6. The monoisotopic (exact) mass is 326 g/mol. The molecule has 7 heteroatoms. The number of likely N-dealkylation sites (N-methyl/N-ethyl adjacent to an activating group) is 1. The van der Waals surface area contributed by atoms with Gasteiger partial charge in [0.15, 0.2) is 0 Å². The Morgan fingerprint density at radius 1 is 1.19 bits per heavy atom. The third-order valence-electron chi connectivity index (χ3n) is 2.87. The fraction of sp³-hybridized carbons (Fsp3) is 0.286. The lowest BCUT2D eigenvalue weighted by atomic mass is 10.3. The number of methoxy groups -OCH3 is 1. The predicted octanol–water partition coefficient (Wildman–Crippen LogP) is 2.32. The molecule has 1 heterocycles. The number of benzene rings is 1. The largest absolute Gasteiger partial charge is 0.495 e. The lowest BCUT2D eigenvalue weighted by Gasteiger charge is -2.10. The second-order valence-corrected chi connectivity index (χ2v) is 7.46. The van der Waals surface area contributed by atoms with E-state index in [1.807, 2.05) is 13.1 Å². The molecule has 0 saturated heterocycles. The summed E-state index contributed by atoms with van der Waals surface area (Å²) >= 11 is 1.28. The molecule has 0 aliphatic rings. The van der Waals surface area contributed by atoms with Gasteiger partial charge in [0.25, 0.3) is 10.0 Å². The first-order valence-electron chi connectivity index (χ1n) is 6.46. The number of rotatable bonds is 7. The van der Waals surface area contributed by atoms with Crippen LogP contribution in [0.1, 0.15) is 4.88 Å². The normalized spacial score (nSPS) is 11.3. The Labute approximate surface area is 129 Å². The van der Waals surface area contributed by atoms with Gasteiger partial charge < -0.3 is 10.1 Å². The number of nitrogens with one attached hydrogen (secondary N) is 2. The highest BCUT2D eigenvalue weighted by Gasteiger charge is 2.18. The maximum Gasteiger partial charge on any atom is 0.271 e. The number of ether oxygens (including phenoxy) is 1. The standard InChI is InChI=1S/C14H18N2O3S2/c1-15-10-9-11-7-8-14(20-11)21(17,18)16-12-5-3-4-6-13(12)19-2/h3-8,15-16H,9-10H2,1-2H3. The van der Waals surface area contributed by atoms with E-state index in [9.17, 15) is 8.42 Å². The molecule has 0 aliphatic heterocycles. The molecule has 1 aromatic carbocycles. The van der Waals surface area contributed by atoms with Gasteiger partial charge in [0, 0.05) is 4.88 Å². The van der Waals surface area contributed by atoms with Crippen LogP contribution in [0.25, 0.3) is 0 Å². The zero-order chi connectivity index (χ0) is 15.3. The second-order valence-electron chi connectivity index (χ2n) is 4.38. The van der Waals surface area contributed by atoms with Gasteiger partial charge >= 0.3 is 0 Å². The maximum atomic E-state index is 12.4. The Balaban J connectivity index is 2.20. The molecule has 2 rings (SSSR count). The van der Waals surface area contributed by atoms with E-state index in [1.165, 1.54) is 18.4 Å². The van der Waals surface area contributed by atoms with Crippen molar-refractivity contribution in [2.45, 2.75) is 10.6 Å². The third kappa shape index (κ3) is 3.96. The van der Waals surface area contributed by atoms with Crippen molar-refractivity contribution in [2.75, 3.05) is 25.4 Å². The predicted molar refractivity (Wildman–Crippen MR) is 85.8 cm³/mol. The molecular formula is C14H18N2O3S2. The Morgan fingerprint density at radius 2 is 1.95 bits per heavy atom. The van der Waals surface area contributed by atoms with Crippen LogP contribution in [-0.2, 0) is 16.4 Å². The van der Waals surface area contributed by atoms with Crippen LogP contribution in [0.2, 0.25) is 0 Å². The van der Waals surface area contributed by atoms with Crippen molar-refractivity contribution >= 4 is 27.0 Å². The molecule has 1 aromatic heterocycles. The van der Waals surface area contributed by atoms with Gasteiger partial charge in [0.1, 0.15) is 9.96 Å². The van der Waals surface area contributed by atoms with Crippen molar-refractivity contribution in [3.63, 3.8) is 0 Å².